The molecule has 0 saturated carbocycles. The van der Waals surface area contributed by atoms with Crippen molar-refractivity contribution in [2.24, 2.45) is 0 Å². The SMILES string of the molecule is CS(=O)(=O)CCCn1c(CN2C(=O)C3(CCNCC3)c3ccccc32)nc2cc(Cl)ccc21. The minimum atomic E-state index is -3.07. The van der Waals surface area contributed by atoms with Crippen molar-refractivity contribution in [2.75, 3.05) is 30.0 Å². The van der Waals surface area contributed by atoms with Crippen molar-refractivity contribution in [3.8, 4) is 0 Å². The molecule has 33 heavy (non-hydrogen) atoms. The average Bonchev–Trinajstić information content (AvgIpc) is 3.22. The largest absolute Gasteiger partial charge is 0.326 e. The molecule has 5 rings (SSSR count). The Hall–Kier alpha value is -2.42. The van der Waals surface area contributed by atoms with Gasteiger partial charge in [-0.1, -0.05) is 29.8 Å². The van der Waals surface area contributed by atoms with Crippen molar-refractivity contribution >= 4 is 44.1 Å². The van der Waals surface area contributed by atoms with Crippen molar-refractivity contribution in [2.45, 2.75) is 37.8 Å². The number of para-hydroxylation sites is 1. The highest BCUT2D eigenvalue weighted by Crippen LogP contribution is 2.47. The Morgan fingerprint density at radius 2 is 1.91 bits per heavy atom. The van der Waals surface area contributed by atoms with Gasteiger partial charge in [0.2, 0.25) is 5.91 Å². The quantitative estimate of drug-likeness (QED) is 0.578. The number of piperidine rings is 1. The number of rotatable bonds is 6. The number of carbonyl (C=O) groups is 1. The van der Waals surface area contributed by atoms with E-state index in [1.807, 2.05) is 45.9 Å². The molecule has 1 amide bonds. The number of hydrogen-bond acceptors (Lipinski definition) is 5. The summed E-state index contributed by atoms with van der Waals surface area (Å²) in [5, 5.41) is 3.96. The normalized spacial score (nSPS) is 17.8. The Balaban J connectivity index is 1.53. The van der Waals surface area contributed by atoms with E-state index in [9.17, 15) is 13.2 Å². The molecule has 9 heteroatoms. The lowest BCUT2D eigenvalue weighted by Gasteiger charge is -2.33. The van der Waals surface area contributed by atoms with Gasteiger partial charge < -0.3 is 14.8 Å². The molecule has 0 bridgehead atoms. The van der Waals surface area contributed by atoms with Crippen molar-refractivity contribution in [1.82, 2.24) is 14.9 Å². The van der Waals surface area contributed by atoms with E-state index in [4.69, 9.17) is 16.6 Å². The maximum atomic E-state index is 13.8. The minimum absolute atomic E-state index is 0.0985. The van der Waals surface area contributed by atoms with Gasteiger partial charge in [0.1, 0.15) is 15.7 Å². The third-order valence-corrected chi connectivity index (χ3v) is 8.07. The van der Waals surface area contributed by atoms with E-state index >= 15 is 0 Å². The molecule has 0 aliphatic carbocycles. The third-order valence-electron chi connectivity index (χ3n) is 6.81. The summed E-state index contributed by atoms with van der Waals surface area (Å²) in [6.45, 7) is 2.46. The lowest BCUT2D eigenvalue weighted by molar-refractivity contribution is -0.124. The first-order valence-corrected chi connectivity index (χ1v) is 13.7. The fourth-order valence-electron chi connectivity index (χ4n) is 5.24. The molecule has 2 aliphatic rings. The van der Waals surface area contributed by atoms with Crippen LogP contribution in [0.3, 0.4) is 0 Å². The molecule has 2 aromatic carbocycles. The molecular weight excluding hydrogens is 460 g/mol. The molecule has 1 saturated heterocycles. The van der Waals surface area contributed by atoms with Gasteiger partial charge in [-0.05, 0) is 62.2 Å². The van der Waals surface area contributed by atoms with Gasteiger partial charge in [-0.15, -0.1) is 0 Å². The lowest BCUT2D eigenvalue weighted by atomic mass is 9.74. The Bertz CT molecular complexity index is 1330. The number of imidazole rings is 1. The summed E-state index contributed by atoms with van der Waals surface area (Å²) in [6, 6.07) is 13.6. The van der Waals surface area contributed by atoms with E-state index in [-0.39, 0.29) is 11.7 Å². The van der Waals surface area contributed by atoms with E-state index in [1.165, 1.54) is 6.26 Å². The molecule has 1 spiro atoms. The molecule has 0 atom stereocenters. The molecule has 3 aromatic rings. The van der Waals surface area contributed by atoms with Gasteiger partial charge >= 0.3 is 0 Å². The van der Waals surface area contributed by atoms with Gasteiger partial charge in [0.15, 0.2) is 0 Å². The fourth-order valence-corrected chi connectivity index (χ4v) is 6.06. The molecule has 3 heterocycles. The second-order valence-electron chi connectivity index (χ2n) is 9.04. The number of carbonyl (C=O) groups excluding carboxylic acids is 1. The zero-order valence-corrected chi connectivity index (χ0v) is 20.1. The number of halogens is 1. The molecular formula is C24H27ClN4O3S. The lowest BCUT2D eigenvalue weighted by Crippen LogP contribution is -2.47. The zero-order chi connectivity index (χ0) is 23.2. The monoisotopic (exact) mass is 486 g/mol. The van der Waals surface area contributed by atoms with Crippen LogP contribution in [0.15, 0.2) is 42.5 Å². The van der Waals surface area contributed by atoms with Crippen molar-refractivity contribution in [1.29, 1.82) is 0 Å². The highest BCUT2D eigenvalue weighted by molar-refractivity contribution is 7.90. The van der Waals surface area contributed by atoms with Crippen LogP contribution in [-0.4, -0.2) is 49.0 Å². The molecule has 1 N–H and O–H groups in total. The summed E-state index contributed by atoms with van der Waals surface area (Å²) in [5.41, 5.74) is 3.18. The summed E-state index contributed by atoms with van der Waals surface area (Å²) in [4.78, 5) is 20.5. The van der Waals surface area contributed by atoms with Crippen LogP contribution in [0.5, 0.6) is 0 Å². The van der Waals surface area contributed by atoms with Crippen LogP contribution >= 0.6 is 11.6 Å². The third kappa shape index (κ3) is 4.05. The standard InChI is InChI=1S/C24H27ClN4O3S/c1-33(31,32)14-4-13-28-21-8-7-17(25)15-19(21)27-22(28)16-29-20-6-3-2-5-18(20)24(23(29)30)9-11-26-12-10-24/h2-3,5-8,15,26H,4,9-14,16H2,1H3. The summed E-state index contributed by atoms with van der Waals surface area (Å²) in [6.07, 6.45) is 3.28. The van der Waals surface area contributed by atoms with Crippen LogP contribution in [0.1, 0.15) is 30.7 Å². The highest BCUT2D eigenvalue weighted by atomic mass is 35.5. The first-order chi connectivity index (χ1) is 15.8. The number of nitrogens with one attached hydrogen (secondary N) is 1. The van der Waals surface area contributed by atoms with Gasteiger partial charge in [-0.25, -0.2) is 13.4 Å². The molecule has 1 aromatic heterocycles. The van der Waals surface area contributed by atoms with Crippen molar-refractivity contribution in [3.05, 3.63) is 58.9 Å². The van der Waals surface area contributed by atoms with Crippen LogP contribution in [0.25, 0.3) is 11.0 Å². The topological polar surface area (TPSA) is 84.3 Å². The average molecular weight is 487 g/mol. The number of nitrogens with zero attached hydrogens (tertiary/aromatic N) is 3. The molecule has 2 aliphatic heterocycles. The molecule has 0 radical (unpaired) electrons. The minimum Gasteiger partial charge on any atom is -0.326 e. The first-order valence-electron chi connectivity index (χ1n) is 11.2. The molecule has 174 valence electrons. The van der Waals surface area contributed by atoms with E-state index in [1.54, 1.807) is 0 Å². The number of benzene rings is 2. The fraction of sp³-hybridized carbons (Fsp3) is 0.417. The number of fused-ring (bicyclic) bond motifs is 3. The van der Waals surface area contributed by atoms with Gasteiger partial charge in [0.05, 0.1) is 28.7 Å². The van der Waals surface area contributed by atoms with Crippen LogP contribution in [0, 0.1) is 0 Å². The van der Waals surface area contributed by atoms with Crippen LogP contribution in [0.2, 0.25) is 5.02 Å². The number of aryl methyl sites for hydroxylation is 1. The van der Waals surface area contributed by atoms with E-state index < -0.39 is 15.3 Å². The van der Waals surface area contributed by atoms with Gasteiger partial charge in [0, 0.05) is 23.5 Å². The second-order valence-corrected chi connectivity index (χ2v) is 11.7. The van der Waals surface area contributed by atoms with E-state index in [0.717, 1.165) is 54.0 Å². The smallest absolute Gasteiger partial charge is 0.238 e. The zero-order valence-electron chi connectivity index (χ0n) is 18.6. The summed E-state index contributed by atoms with van der Waals surface area (Å²) in [5.74, 6) is 0.953. The van der Waals surface area contributed by atoms with E-state index in [0.29, 0.717) is 24.5 Å². The van der Waals surface area contributed by atoms with E-state index in [2.05, 4.69) is 11.4 Å². The number of amides is 1. The van der Waals surface area contributed by atoms with Crippen molar-refractivity contribution in [3.63, 3.8) is 0 Å². The molecule has 1 fully saturated rings. The maximum absolute atomic E-state index is 13.8. The predicted octanol–water partition coefficient (Wildman–Crippen LogP) is 3.29. The number of aromatic nitrogens is 2. The summed E-state index contributed by atoms with van der Waals surface area (Å²) < 4.78 is 25.4. The molecule has 7 nitrogen and oxygen atoms in total. The Kier molecular flexibility index (Phi) is 5.71. The first kappa shape index (κ1) is 22.4. The number of anilines is 1. The Morgan fingerprint density at radius 3 is 2.67 bits per heavy atom. The molecule has 0 unspecified atom stereocenters. The Labute approximate surface area is 198 Å². The predicted molar refractivity (Wildman–Crippen MR) is 130 cm³/mol. The highest BCUT2D eigenvalue weighted by Gasteiger charge is 2.51. The van der Waals surface area contributed by atoms with Crippen LogP contribution in [0.4, 0.5) is 5.69 Å². The van der Waals surface area contributed by atoms with Gasteiger partial charge in [0.25, 0.3) is 0 Å². The number of sulfone groups is 1. The Morgan fingerprint density at radius 1 is 1.15 bits per heavy atom. The second kappa shape index (κ2) is 8.42. The van der Waals surface area contributed by atoms with Crippen LogP contribution < -0.4 is 10.2 Å². The summed E-state index contributed by atoms with van der Waals surface area (Å²) >= 11 is 6.20. The number of hydrogen-bond donors (Lipinski definition) is 1. The summed E-state index contributed by atoms with van der Waals surface area (Å²) in [7, 11) is -3.07. The van der Waals surface area contributed by atoms with Gasteiger partial charge in [-0.2, -0.15) is 0 Å². The maximum Gasteiger partial charge on any atom is 0.238 e. The van der Waals surface area contributed by atoms with Crippen molar-refractivity contribution < 1.29 is 13.2 Å². The van der Waals surface area contributed by atoms with Gasteiger partial charge in [-0.3, -0.25) is 4.79 Å². The van der Waals surface area contributed by atoms with Crippen LogP contribution in [-0.2, 0) is 33.1 Å².